The second kappa shape index (κ2) is 11.6. The number of allylic oxidation sites excluding steroid dienone is 4. The molecular formula is C28H35F2N3O2. The number of ether oxygens (including phenoxy) is 1. The molecule has 1 saturated carbocycles. The average molecular weight is 484 g/mol. The smallest absolute Gasteiger partial charge is 0.213 e. The van der Waals surface area contributed by atoms with E-state index >= 15 is 0 Å². The number of aromatic nitrogens is 1. The Balaban J connectivity index is 1.34. The van der Waals surface area contributed by atoms with E-state index in [1.807, 2.05) is 24.3 Å². The van der Waals surface area contributed by atoms with Gasteiger partial charge in [0.1, 0.15) is 11.6 Å². The van der Waals surface area contributed by atoms with Crippen LogP contribution in [0.3, 0.4) is 0 Å². The highest BCUT2D eigenvalue weighted by Gasteiger charge is 2.32. The van der Waals surface area contributed by atoms with Crippen molar-refractivity contribution >= 4 is 5.69 Å². The van der Waals surface area contributed by atoms with Crippen LogP contribution in [0.25, 0.3) is 0 Å². The van der Waals surface area contributed by atoms with Gasteiger partial charge < -0.3 is 20.5 Å². The topological polar surface area (TPSA) is 71.6 Å². The lowest BCUT2D eigenvalue weighted by atomic mass is 9.96. The van der Waals surface area contributed by atoms with E-state index in [1.165, 1.54) is 0 Å². The molecule has 0 radical (unpaired) electrons. The van der Waals surface area contributed by atoms with Crippen LogP contribution in [0.2, 0.25) is 0 Å². The average Bonchev–Trinajstić information content (AvgIpc) is 3.67. The van der Waals surface area contributed by atoms with E-state index in [9.17, 15) is 13.9 Å². The summed E-state index contributed by atoms with van der Waals surface area (Å²) in [6.07, 6.45) is 11.5. The van der Waals surface area contributed by atoms with Gasteiger partial charge in [-0.3, -0.25) is 4.39 Å². The molecule has 4 rings (SSSR count). The predicted octanol–water partition coefficient (Wildman–Crippen LogP) is 5.65. The van der Waals surface area contributed by atoms with Gasteiger partial charge in [-0.1, -0.05) is 12.2 Å². The van der Waals surface area contributed by atoms with Crippen LogP contribution in [-0.2, 0) is 6.42 Å². The molecule has 2 heterocycles. The Morgan fingerprint density at radius 2 is 2.03 bits per heavy atom. The van der Waals surface area contributed by atoms with Crippen LogP contribution in [0, 0.1) is 17.7 Å². The fraction of sp³-hybridized carbons (Fsp3) is 0.464. The van der Waals surface area contributed by atoms with Crippen molar-refractivity contribution in [3.63, 3.8) is 0 Å². The summed E-state index contributed by atoms with van der Waals surface area (Å²) in [7, 11) is 0. The summed E-state index contributed by atoms with van der Waals surface area (Å²) in [6, 6.07) is 6.58. The molecular weight excluding hydrogens is 448 g/mol. The number of alkyl halides is 1. The Kier molecular flexibility index (Phi) is 8.26. The molecule has 188 valence electrons. The van der Waals surface area contributed by atoms with E-state index in [0.717, 1.165) is 56.1 Å². The first-order valence-electron chi connectivity index (χ1n) is 12.4. The normalized spacial score (nSPS) is 18.3. The molecule has 7 heteroatoms. The maximum absolute atomic E-state index is 14.7. The Bertz CT molecular complexity index is 1060. The van der Waals surface area contributed by atoms with Gasteiger partial charge in [0, 0.05) is 60.4 Å². The number of nitrogens with zero attached hydrogens (tertiary/aromatic N) is 2. The van der Waals surface area contributed by atoms with Crippen LogP contribution in [0.4, 0.5) is 14.5 Å². The van der Waals surface area contributed by atoms with Gasteiger partial charge in [0.05, 0.1) is 13.3 Å². The second-order valence-electron chi connectivity index (χ2n) is 9.74. The molecule has 1 aliphatic carbocycles. The molecule has 0 amide bonds. The van der Waals surface area contributed by atoms with Crippen molar-refractivity contribution in [1.29, 1.82) is 0 Å². The van der Waals surface area contributed by atoms with E-state index in [-0.39, 0.29) is 18.3 Å². The highest BCUT2D eigenvalue weighted by atomic mass is 19.1. The van der Waals surface area contributed by atoms with Gasteiger partial charge in [-0.15, -0.1) is 0 Å². The first kappa shape index (κ1) is 25.0. The number of nitrogens with two attached hydrogens (primary N) is 1. The van der Waals surface area contributed by atoms with Crippen molar-refractivity contribution < 1.29 is 18.6 Å². The first-order chi connectivity index (χ1) is 16.9. The number of rotatable bonds is 10. The number of pyridine rings is 1. The zero-order valence-corrected chi connectivity index (χ0v) is 20.3. The van der Waals surface area contributed by atoms with E-state index in [4.69, 9.17) is 10.5 Å². The fourth-order valence-corrected chi connectivity index (χ4v) is 4.76. The maximum Gasteiger partial charge on any atom is 0.213 e. The lowest BCUT2D eigenvalue weighted by Gasteiger charge is -2.34. The van der Waals surface area contributed by atoms with Crippen molar-refractivity contribution in [1.82, 2.24) is 4.98 Å². The number of hydrogen-bond donors (Lipinski definition) is 2. The summed E-state index contributed by atoms with van der Waals surface area (Å²) in [5.74, 6) is 0.814. The molecule has 2 aliphatic rings. The quantitative estimate of drug-likeness (QED) is 0.428. The molecule has 1 unspecified atom stereocenters. The van der Waals surface area contributed by atoms with Gasteiger partial charge in [-0.2, -0.15) is 0 Å². The molecule has 1 aliphatic heterocycles. The molecule has 2 fully saturated rings. The van der Waals surface area contributed by atoms with Gasteiger partial charge in [-0.25, -0.2) is 9.37 Å². The highest BCUT2D eigenvalue weighted by molar-refractivity contribution is 5.58. The number of piperidine rings is 1. The summed E-state index contributed by atoms with van der Waals surface area (Å²) >= 11 is 0. The molecule has 5 nitrogen and oxygen atoms in total. The van der Waals surface area contributed by atoms with Crippen molar-refractivity contribution in [2.75, 3.05) is 31.3 Å². The monoisotopic (exact) mass is 483 g/mol. The standard InChI is InChI=1S/C28H35F2N3O2/c1-19(31)4-2-3-5-24-26(30)15-23(34)16-27(24)33-12-9-20(10-13-33)18-35-28-14-22(8-11-32-28)25(17-29)21-6-7-21/h2-4,8,11,14-16,20-21,25,34H,5-7,9-10,12-13,17-18,31H2,1H3/b3-2-,19-4-. The number of hydrogen-bond acceptors (Lipinski definition) is 5. The summed E-state index contributed by atoms with van der Waals surface area (Å²) in [4.78, 5) is 6.45. The molecule has 1 atom stereocenters. The third-order valence-corrected chi connectivity index (χ3v) is 6.94. The van der Waals surface area contributed by atoms with Crippen LogP contribution in [-0.4, -0.2) is 36.5 Å². The SMILES string of the molecule is C/C(N)=C/C=C\Cc1c(F)cc(O)cc1N1CCC(COc2cc(C(CF)C3CC3)ccn2)CC1. The minimum absolute atomic E-state index is 0.0503. The minimum Gasteiger partial charge on any atom is -0.508 e. The number of phenolic OH excluding ortho intramolecular Hbond substituents is 1. The third kappa shape index (κ3) is 6.74. The molecule has 1 aromatic carbocycles. The van der Waals surface area contributed by atoms with E-state index in [0.29, 0.717) is 42.0 Å². The Morgan fingerprint density at radius 1 is 1.26 bits per heavy atom. The molecule has 35 heavy (non-hydrogen) atoms. The zero-order valence-electron chi connectivity index (χ0n) is 20.3. The van der Waals surface area contributed by atoms with E-state index in [2.05, 4.69) is 9.88 Å². The number of anilines is 1. The van der Waals surface area contributed by atoms with Gasteiger partial charge in [0.2, 0.25) is 5.88 Å². The Morgan fingerprint density at radius 3 is 2.71 bits per heavy atom. The lowest BCUT2D eigenvalue weighted by Crippen LogP contribution is -2.36. The van der Waals surface area contributed by atoms with Crippen LogP contribution in [0.15, 0.2) is 54.4 Å². The van der Waals surface area contributed by atoms with Crippen molar-refractivity contribution in [3.8, 4) is 11.6 Å². The third-order valence-electron chi connectivity index (χ3n) is 6.94. The molecule has 1 saturated heterocycles. The largest absolute Gasteiger partial charge is 0.508 e. The summed E-state index contributed by atoms with van der Waals surface area (Å²) in [5.41, 5.74) is 8.60. The van der Waals surface area contributed by atoms with E-state index < -0.39 is 5.82 Å². The summed E-state index contributed by atoms with van der Waals surface area (Å²) in [6.45, 7) is 3.49. The number of halogens is 2. The number of benzene rings is 1. The Hall–Kier alpha value is -3.09. The van der Waals surface area contributed by atoms with Gasteiger partial charge in [0.25, 0.3) is 0 Å². The van der Waals surface area contributed by atoms with Gasteiger partial charge >= 0.3 is 0 Å². The van der Waals surface area contributed by atoms with Crippen LogP contribution >= 0.6 is 0 Å². The van der Waals surface area contributed by atoms with E-state index in [1.54, 1.807) is 25.3 Å². The van der Waals surface area contributed by atoms with Gasteiger partial charge in [0.15, 0.2) is 0 Å². The molecule has 0 bridgehead atoms. The second-order valence-corrected chi connectivity index (χ2v) is 9.74. The fourth-order valence-electron chi connectivity index (χ4n) is 4.76. The summed E-state index contributed by atoms with van der Waals surface area (Å²) in [5, 5.41) is 10.0. The zero-order chi connectivity index (χ0) is 24.8. The number of aromatic hydroxyl groups is 1. The number of phenols is 1. The van der Waals surface area contributed by atoms with Gasteiger partial charge in [-0.05, 0) is 68.6 Å². The molecule has 2 aromatic rings. The molecule has 1 aromatic heterocycles. The van der Waals surface area contributed by atoms with Crippen molar-refractivity contribution in [3.05, 3.63) is 71.3 Å². The highest BCUT2D eigenvalue weighted by Crippen LogP contribution is 2.43. The summed E-state index contributed by atoms with van der Waals surface area (Å²) < 4.78 is 34.2. The lowest BCUT2D eigenvalue weighted by molar-refractivity contribution is 0.215. The van der Waals surface area contributed by atoms with Crippen LogP contribution < -0.4 is 15.4 Å². The molecule has 3 N–H and O–H groups in total. The van der Waals surface area contributed by atoms with Crippen LogP contribution in [0.1, 0.15) is 49.7 Å². The van der Waals surface area contributed by atoms with Crippen molar-refractivity contribution in [2.24, 2.45) is 17.6 Å². The minimum atomic E-state index is -0.410. The first-order valence-corrected chi connectivity index (χ1v) is 12.4. The van der Waals surface area contributed by atoms with Crippen LogP contribution in [0.5, 0.6) is 11.6 Å². The Labute approximate surface area is 206 Å². The maximum atomic E-state index is 14.7. The van der Waals surface area contributed by atoms with Crippen molar-refractivity contribution in [2.45, 2.75) is 44.9 Å². The molecule has 0 spiro atoms. The predicted molar refractivity (Wildman–Crippen MR) is 135 cm³/mol.